The summed E-state index contributed by atoms with van der Waals surface area (Å²) in [4.78, 5) is 0. The van der Waals surface area contributed by atoms with Crippen LogP contribution >= 0.6 is 0 Å². The average molecular weight is 133 g/mol. The largest absolute Gasteiger partial charge is 0.405 e. The molecule has 0 heterocycles. The van der Waals surface area contributed by atoms with Crippen LogP contribution in [0.15, 0.2) is 30.5 Å². The van der Waals surface area contributed by atoms with Crippen molar-refractivity contribution in [2.75, 3.05) is 0 Å². The van der Waals surface area contributed by atoms with Crippen LogP contribution in [0, 0.1) is 6.92 Å². The highest BCUT2D eigenvalue weighted by Crippen LogP contribution is 2.04. The van der Waals surface area contributed by atoms with Crippen molar-refractivity contribution in [1.82, 2.24) is 0 Å². The molecule has 2 N–H and O–H groups in total. The topological polar surface area (TPSA) is 26.0 Å². The summed E-state index contributed by atoms with van der Waals surface area (Å²) in [6.45, 7) is 2.06. The fourth-order valence-corrected chi connectivity index (χ4v) is 0.885. The van der Waals surface area contributed by atoms with Gasteiger partial charge >= 0.3 is 0 Å². The second-order valence-corrected chi connectivity index (χ2v) is 2.27. The number of hydrogen-bond acceptors (Lipinski definition) is 1. The van der Waals surface area contributed by atoms with Crippen LogP contribution in [0.4, 0.5) is 0 Å². The first-order chi connectivity index (χ1) is 4.83. The fourth-order valence-electron chi connectivity index (χ4n) is 0.885. The number of nitrogens with two attached hydrogens (primary N) is 1. The normalized spacial score (nSPS) is 10.5. The van der Waals surface area contributed by atoms with Crippen molar-refractivity contribution in [3.8, 4) is 0 Å². The van der Waals surface area contributed by atoms with Crippen LogP contribution in [-0.2, 0) is 0 Å². The second kappa shape index (κ2) is 3.06. The summed E-state index contributed by atoms with van der Waals surface area (Å²) in [7, 11) is 0. The molecule has 1 aromatic carbocycles. The average Bonchev–Trinajstić information content (AvgIpc) is 1.88. The predicted molar refractivity (Wildman–Crippen MR) is 44.4 cm³/mol. The van der Waals surface area contributed by atoms with E-state index in [9.17, 15) is 0 Å². The van der Waals surface area contributed by atoms with Gasteiger partial charge < -0.3 is 5.73 Å². The molecule has 1 heteroatoms. The monoisotopic (exact) mass is 133 g/mol. The molecule has 0 radical (unpaired) electrons. The Morgan fingerprint density at radius 1 is 1.40 bits per heavy atom. The molecule has 1 aromatic rings. The Morgan fingerprint density at radius 2 is 2.20 bits per heavy atom. The van der Waals surface area contributed by atoms with Crippen molar-refractivity contribution in [1.29, 1.82) is 0 Å². The van der Waals surface area contributed by atoms with Crippen LogP contribution in [0.2, 0.25) is 0 Å². The van der Waals surface area contributed by atoms with E-state index < -0.39 is 0 Å². The third-order valence-corrected chi connectivity index (χ3v) is 1.33. The lowest BCUT2D eigenvalue weighted by Gasteiger charge is -1.93. The number of aryl methyl sites for hydroxylation is 1. The van der Waals surface area contributed by atoms with Crippen molar-refractivity contribution >= 4 is 6.08 Å². The first-order valence-corrected chi connectivity index (χ1v) is 3.28. The maximum Gasteiger partial charge on any atom is -0.00564 e. The molecule has 0 saturated carbocycles. The molecule has 0 aliphatic carbocycles. The van der Waals surface area contributed by atoms with E-state index in [1.54, 1.807) is 6.20 Å². The molecule has 0 aliphatic rings. The number of benzene rings is 1. The summed E-state index contributed by atoms with van der Waals surface area (Å²) in [5.41, 5.74) is 7.64. The molecule has 0 aromatic heterocycles. The summed E-state index contributed by atoms with van der Waals surface area (Å²) in [6.07, 6.45) is 3.43. The molecular weight excluding hydrogens is 122 g/mol. The molecule has 0 aliphatic heterocycles. The van der Waals surface area contributed by atoms with Crippen molar-refractivity contribution in [2.24, 2.45) is 5.73 Å². The van der Waals surface area contributed by atoms with Gasteiger partial charge in [0, 0.05) is 0 Å². The van der Waals surface area contributed by atoms with E-state index in [1.807, 2.05) is 18.2 Å². The van der Waals surface area contributed by atoms with E-state index in [2.05, 4.69) is 19.1 Å². The van der Waals surface area contributed by atoms with Gasteiger partial charge in [0.15, 0.2) is 0 Å². The molecule has 0 amide bonds. The molecule has 1 rings (SSSR count). The van der Waals surface area contributed by atoms with Crippen LogP contribution in [0.3, 0.4) is 0 Å². The maximum absolute atomic E-state index is 5.23. The molecule has 0 atom stereocenters. The van der Waals surface area contributed by atoms with Gasteiger partial charge in [-0.2, -0.15) is 0 Å². The van der Waals surface area contributed by atoms with E-state index in [4.69, 9.17) is 5.73 Å². The second-order valence-electron chi connectivity index (χ2n) is 2.27. The zero-order valence-electron chi connectivity index (χ0n) is 6.04. The van der Waals surface area contributed by atoms with Gasteiger partial charge in [0.1, 0.15) is 0 Å². The molecule has 0 bridgehead atoms. The van der Waals surface area contributed by atoms with Gasteiger partial charge in [-0.05, 0) is 24.8 Å². The minimum absolute atomic E-state index is 1.16. The van der Waals surface area contributed by atoms with Crippen LogP contribution < -0.4 is 5.73 Å². The maximum atomic E-state index is 5.23. The smallest absolute Gasteiger partial charge is 0.00564 e. The SMILES string of the molecule is Cc1cccc(/C=C/N)c1. The third kappa shape index (κ3) is 1.62. The summed E-state index contributed by atoms with van der Waals surface area (Å²) in [5.74, 6) is 0. The Morgan fingerprint density at radius 3 is 2.80 bits per heavy atom. The Hall–Kier alpha value is -1.24. The Kier molecular flexibility index (Phi) is 2.11. The highest BCUT2D eigenvalue weighted by molar-refractivity contribution is 5.49. The van der Waals surface area contributed by atoms with Crippen molar-refractivity contribution in [3.05, 3.63) is 41.6 Å². The van der Waals surface area contributed by atoms with Crippen LogP contribution in [0.5, 0.6) is 0 Å². The van der Waals surface area contributed by atoms with Crippen molar-refractivity contribution in [2.45, 2.75) is 6.92 Å². The van der Waals surface area contributed by atoms with Crippen molar-refractivity contribution in [3.63, 3.8) is 0 Å². The van der Waals surface area contributed by atoms with E-state index in [0.29, 0.717) is 0 Å². The van der Waals surface area contributed by atoms with Gasteiger partial charge in [-0.1, -0.05) is 29.8 Å². The highest BCUT2D eigenvalue weighted by atomic mass is 14.5. The number of hydrogen-bond donors (Lipinski definition) is 1. The van der Waals surface area contributed by atoms with Gasteiger partial charge in [0.05, 0.1) is 0 Å². The lowest BCUT2D eigenvalue weighted by molar-refractivity contribution is 1.46. The Balaban J connectivity index is 2.95. The first kappa shape index (κ1) is 6.87. The zero-order valence-corrected chi connectivity index (χ0v) is 6.04. The minimum atomic E-state index is 1.16. The van der Waals surface area contributed by atoms with Gasteiger partial charge in [0.2, 0.25) is 0 Å². The van der Waals surface area contributed by atoms with Gasteiger partial charge in [0.25, 0.3) is 0 Å². The van der Waals surface area contributed by atoms with E-state index >= 15 is 0 Å². The molecule has 0 spiro atoms. The number of rotatable bonds is 1. The first-order valence-electron chi connectivity index (χ1n) is 3.28. The molecule has 10 heavy (non-hydrogen) atoms. The summed E-state index contributed by atoms with van der Waals surface area (Å²) in [5, 5.41) is 0. The molecule has 0 unspecified atom stereocenters. The predicted octanol–water partition coefficient (Wildman–Crippen LogP) is 1.92. The molecular formula is C9H11N. The standard InChI is InChI=1S/C9H11N/c1-8-3-2-4-9(7-8)5-6-10/h2-7H,10H2,1H3/b6-5+. The van der Waals surface area contributed by atoms with Crippen LogP contribution in [0.25, 0.3) is 6.08 Å². The zero-order chi connectivity index (χ0) is 7.40. The lowest BCUT2D eigenvalue weighted by Crippen LogP contribution is -1.78. The summed E-state index contributed by atoms with van der Waals surface area (Å²) >= 11 is 0. The Labute approximate surface area is 61.2 Å². The Bertz CT molecular complexity index is 238. The lowest BCUT2D eigenvalue weighted by atomic mass is 10.1. The van der Waals surface area contributed by atoms with E-state index in [0.717, 1.165) is 5.56 Å². The molecule has 52 valence electrons. The molecule has 0 saturated heterocycles. The summed E-state index contributed by atoms with van der Waals surface area (Å²) in [6, 6.07) is 8.19. The van der Waals surface area contributed by atoms with Crippen LogP contribution in [0.1, 0.15) is 11.1 Å². The molecule has 1 nitrogen and oxygen atoms in total. The highest BCUT2D eigenvalue weighted by Gasteiger charge is 1.84. The molecule has 0 fully saturated rings. The van der Waals surface area contributed by atoms with Crippen molar-refractivity contribution < 1.29 is 0 Å². The van der Waals surface area contributed by atoms with Crippen LogP contribution in [-0.4, -0.2) is 0 Å². The van der Waals surface area contributed by atoms with E-state index in [-0.39, 0.29) is 0 Å². The van der Waals surface area contributed by atoms with E-state index in [1.165, 1.54) is 5.56 Å². The third-order valence-electron chi connectivity index (χ3n) is 1.33. The van der Waals surface area contributed by atoms with Gasteiger partial charge in [-0.15, -0.1) is 0 Å². The summed E-state index contributed by atoms with van der Waals surface area (Å²) < 4.78 is 0. The van der Waals surface area contributed by atoms with Gasteiger partial charge in [-0.25, -0.2) is 0 Å². The quantitative estimate of drug-likeness (QED) is 0.622. The van der Waals surface area contributed by atoms with Gasteiger partial charge in [-0.3, -0.25) is 0 Å². The minimum Gasteiger partial charge on any atom is -0.405 e. The fraction of sp³-hybridized carbons (Fsp3) is 0.111.